The first kappa shape index (κ1) is 13.3. The van der Waals surface area contributed by atoms with Gasteiger partial charge >= 0.3 is 0 Å². The van der Waals surface area contributed by atoms with Crippen LogP contribution in [0.25, 0.3) is 0 Å². The first-order valence-electron chi connectivity index (χ1n) is 6.76. The Labute approximate surface area is 105 Å². The minimum absolute atomic E-state index is 0.327. The number of unbranched alkanes of at least 4 members (excludes halogenated alkanes) is 1. The number of sulfonamides is 1. The van der Waals surface area contributed by atoms with Gasteiger partial charge in [-0.15, -0.1) is 0 Å². The lowest BCUT2D eigenvalue weighted by Crippen LogP contribution is -2.32. The summed E-state index contributed by atoms with van der Waals surface area (Å²) in [4.78, 5) is 0. The molecule has 0 amide bonds. The third-order valence-electron chi connectivity index (χ3n) is 4.17. The lowest BCUT2D eigenvalue weighted by Gasteiger charge is -2.17. The van der Waals surface area contributed by atoms with Crippen LogP contribution < -0.4 is 5.32 Å². The zero-order valence-electron chi connectivity index (χ0n) is 10.7. The van der Waals surface area contributed by atoms with Crippen LogP contribution in [0, 0.1) is 11.8 Å². The Hall–Kier alpha value is -0.130. The zero-order chi connectivity index (χ0) is 12.3. The highest BCUT2D eigenvalue weighted by atomic mass is 32.2. The van der Waals surface area contributed by atoms with Crippen molar-refractivity contribution in [1.29, 1.82) is 0 Å². The Bertz CT molecular complexity index is 330. The van der Waals surface area contributed by atoms with E-state index in [-0.39, 0.29) is 0 Å². The summed E-state index contributed by atoms with van der Waals surface area (Å²) in [7, 11) is -1.08. The second-order valence-electron chi connectivity index (χ2n) is 5.39. The monoisotopic (exact) mass is 260 g/mol. The van der Waals surface area contributed by atoms with Crippen LogP contribution in [-0.2, 0) is 10.0 Å². The number of rotatable bonds is 6. The first-order chi connectivity index (χ1) is 8.13. The molecule has 5 heteroatoms. The Balaban J connectivity index is 1.80. The highest BCUT2D eigenvalue weighted by Crippen LogP contribution is 2.38. The quantitative estimate of drug-likeness (QED) is 0.726. The predicted octanol–water partition coefficient (Wildman–Crippen LogP) is 1.05. The fourth-order valence-corrected chi connectivity index (χ4v) is 4.80. The molecule has 17 heavy (non-hydrogen) atoms. The van der Waals surface area contributed by atoms with Gasteiger partial charge in [0, 0.05) is 13.1 Å². The standard InChI is InChI=1S/C12H24N2O2S/c1-13-7-2-3-8-17(15,16)14-9-11-5-4-6-12(11)10-14/h11-13H,2-10H2,1H3. The number of fused-ring (bicyclic) bond motifs is 1. The molecule has 0 aromatic rings. The van der Waals surface area contributed by atoms with Gasteiger partial charge in [-0.3, -0.25) is 0 Å². The molecular formula is C12H24N2O2S. The second-order valence-corrected chi connectivity index (χ2v) is 7.48. The van der Waals surface area contributed by atoms with E-state index < -0.39 is 10.0 Å². The molecule has 1 aliphatic carbocycles. The number of hydrogen-bond acceptors (Lipinski definition) is 3. The highest BCUT2D eigenvalue weighted by molar-refractivity contribution is 7.89. The van der Waals surface area contributed by atoms with Crippen LogP contribution in [0.3, 0.4) is 0 Å². The van der Waals surface area contributed by atoms with Gasteiger partial charge in [0.25, 0.3) is 0 Å². The highest BCUT2D eigenvalue weighted by Gasteiger charge is 2.40. The number of hydrogen-bond donors (Lipinski definition) is 1. The lowest BCUT2D eigenvalue weighted by molar-refractivity contribution is 0.443. The van der Waals surface area contributed by atoms with E-state index in [0.29, 0.717) is 17.6 Å². The van der Waals surface area contributed by atoms with Crippen molar-refractivity contribution in [2.24, 2.45) is 11.8 Å². The van der Waals surface area contributed by atoms with Crippen LogP contribution in [0.1, 0.15) is 32.1 Å². The average Bonchev–Trinajstić information content (AvgIpc) is 2.84. The van der Waals surface area contributed by atoms with Crippen molar-refractivity contribution in [1.82, 2.24) is 9.62 Å². The molecule has 4 nitrogen and oxygen atoms in total. The third kappa shape index (κ3) is 3.20. The average molecular weight is 260 g/mol. The predicted molar refractivity (Wildman–Crippen MR) is 69.4 cm³/mol. The van der Waals surface area contributed by atoms with Crippen molar-refractivity contribution in [3.63, 3.8) is 0 Å². The van der Waals surface area contributed by atoms with E-state index in [1.807, 2.05) is 7.05 Å². The molecule has 2 unspecified atom stereocenters. The first-order valence-corrected chi connectivity index (χ1v) is 8.37. The van der Waals surface area contributed by atoms with E-state index in [1.165, 1.54) is 19.3 Å². The normalized spacial score (nSPS) is 29.7. The molecule has 0 aromatic carbocycles. The van der Waals surface area contributed by atoms with E-state index in [0.717, 1.165) is 32.5 Å². The minimum atomic E-state index is -2.98. The Morgan fingerprint density at radius 2 is 1.82 bits per heavy atom. The molecule has 0 bridgehead atoms. The fourth-order valence-electron chi connectivity index (χ4n) is 3.13. The van der Waals surface area contributed by atoms with Gasteiger partial charge in [-0.1, -0.05) is 6.42 Å². The molecule has 0 aromatic heterocycles. The topological polar surface area (TPSA) is 49.4 Å². The summed E-state index contributed by atoms with van der Waals surface area (Å²) in [6.07, 6.45) is 5.48. The van der Waals surface area contributed by atoms with E-state index >= 15 is 0 Å². The van der Waals surface area contributed by atoms with E-state index in [2.05, 4.69) is 5.32 Å². The molecular weight excluding hydrogens is 236 g/mol. The molecule has 2 fully saturated rings. The molecule has 0 radical (unpaired) electrons. The van der Waals surface area contributed by atoms with E-state index in [1.54, 1.807) is 4.31 Å². The van der Waals surface area contributed by atoms with Gasteiger partial charge in [-0.2, -0.15) is 0 Å². The molecule has 1 N–H and O–H groups in total. The van der Waals surface area contributed by atoms with Crippen molar-refractivity contribution in [3.8, 4) is 0 Å². The molecule has 100 valence electrons. The Morgan fingerprint density at radius 1 is 1.18 bits per heavy atom. The van der Waals surface area contributed by atoms with Crippen molar-refractivity contribution in [3.05, 3.63) is 0 Å². The van der Waals surface area contributed by atoms with Gasteiger partial charge in [-0.05, 0) is 51.1 Å². The molecule has 1 aliphatic heterocycles. The summed E-state index contributed by atoms with van der Waals surface area (Å²) in [5.74, 6) is 1.64. The zero-order valence-corrected chi connectivity index (χ0v) is 11.5. The second kappa shape index (κ2) is 5.67. The summed E-state index contributed by atoms with van der Waals surface area (Å²) in [5, 5.41) is 3.05. The van der Waals surface area contributed by atoms with Gasteiger partial charge < -0.3 is 5.32 Å². The van der Waals surface area contributed by atoms with Gasteiger partial charge in [0.1, 0.15) is 0 Å². The smallest absolute Gasteiger partial charge is 0.214 e. The number of nitrogens with zero attached hydrogens (tertiary/aromatic N) is 1. The Kier molecular flexibility index (Phi) is 4.44. The summed E-state index contributed by atoms with van der Waals surface area (Å²) < 4.78 is 26.0. The summed E-state index contributed by atoms with van der Waals surface area (Å²) in [6.45, 7) is 2.48. The van der Waals surface area contributed by atoms with Crippen LogP contribution in [0.5, 0.6) is 0 Å². The maximum Gasteiger partial charge on any atom is 0.214 e. The maximum absolute atomic E-state index is 12.1. The molecule has 1 heterocycles. The van der Waals surface area contributed by atoms with Crippen LogP contribution in [0.4, 0.5) is 0 Å². The third-order valence-corrected chi connectivity index (χ3v) is 6.05. The van der Waals surface area contributed by atoms with Gasteiger partial charge in [0.2, 0.25) is 10.0 Å². The summed E-state index contributed by atoms with van der Waals surface area (Å²) in [6, 6.07) is 0. The van der Waals surface area contributed by atoms with Crippen molar-refractivity contribution in [2.45, 2.75) is 32.1 Å². The summed E-state index contributed by atoms with van der Waals surface area (Å²) >= 11 is 0. The largest absolute Gasteiger partial charge is 0.320 e. The van der Waals surface area contributed by atoms with Crippen molar-refractivity contribution >= 4 is 10.0 Å². The summed E-state index contributed by atoms with van der Waals surface area (Å²) in [5.41, 5.74) is 0. The van der Waals surface area contributed by atoms with E-state index in [4.69, 9.17) is 0 Å². The van der Waals surface area contributed by atoms with Gasteiger partial charge in [0.15, 0.2) is 0 Å². The van der Waals surface area contributed by atoms with Crippen molar-refractivity contribution in [2.75, 3.05) is 32.4 Å². The molecule has 1 saturated carbocycles. The molecule has 0 spiro atoms. The van der Waals surface area contributed by atoms with Crippen LogP contribution >= 0.6 is 0 Å². The SMILES string of the molecule is CNCCCCS(=O)(=O)N1CC2CCCC2C1. The molecule has 2 rings (SSSR count). The lowest BCUT2D eigenvalue weighted by atomic mass is 10.0. The van der Waals surface area contributed by atoms with Crippen LogP contribution in [-0.4, -0.2) is 45.2 Å². The van der Waals surface area contributed by atoms with Crippen LogP contribution in [0.2, 0.25) is 0 Å². The van der Waals surface area contributed by atoms with Crippen molar-refractivity contribution < 1.29 is 8.42 Å². The minimum Gasteiger partial charge on any atom is -0.320 e. The van der Waals surface area contributed by atoms with E-state index in [9.17, 15) is 8.42 Å². The maximum atomic E-state index is 12.1. The van der Waals surface area contributed by atoms with Crippen LogP contribution in [0.15, 0.2) is 0 Å². The molecule has 1 saturated heterocycles. The molecule has 2 aliphatic rings. The Morgan fingerprint density at radius 3 is 2.41 bits per heavy atom. The molecule has 2 atom stereocenters. The van der Waals surface area contributed by atoms with Gasteiger partial charge in [0.05, 0.1) is 5.75 Å². The van der Waals surface area contributed by atoms with Gasteiger partial charge in [-0.25, -0.2) is 12.7 Å². The number of nitrogens with one attached hydrogen (secondary N) is 1. The fraction of sp³-hybridized carbons (Fsp3) is 1.00.